The minimum atomic E-state index is -0.0936. The molecule has 0 saturated carbocycles. The van der Waals surface area contributed by atoms with Crippen LogP contribution in [0.3, 0.4) is 0 Å². The normalized spacial score (nSPS) is 13.5. The third-order valence-electron chi connectivity index (χ3n) is 4.47. The van der Waals surface area contributed by atoms with Crippen molar-refractivity contribution in [2.45, 2.75) is 43.5 Å². The van der Waals surface area contributed by atoms with Crippen molar-refractivity contribution in [2.75, 3.05) is 20.6 Å². The van der Waals surface area contributed by atoms with E-state index in [1.54, 1.807) is 11.8 Å². The van der Waals surface area contributed by atoms with Crippen LogP contribution in [0.4, 0.5) is 0 Å². The SMILES string of the molecule is Cc1ccc(CSc2nc(=O)n(CCN(C)C)c3c2CCC3)cc1. The van der Waals surface area contributed by atoms with Crippen LogP contribution < -0.4 is 5.69 Å². The molecule has 0 radical (unpaired) electrons. The van der Waals surface area contributed by atoms with Crippen LogP contribution in [0.25, 0.3) is 0 Å². The number of nitrogens with zero attached hydrogens (tertiary/aromatic N) is 3. The number of hydrogen-bond acceptors (Lipinski definition) is 4. The van der Waals surface area contributed by atoms with E-state index in [4.69, 9.17) is 0 Å². The molecule has 0 spiro atoms. The average molecular weight is 343 g/mol. The lowest BCUT2D eigenvalue weighted by molar-refractivity contribution is 0.375. The Hall–Kier alpha value is -1.59. The number of benzene rings is 1. The zero-order chi connectivity index (χ0) is 17.1. The molecule has 24 heavy (non-hydrogen) atoms. The number of likely N-dealkylation sites (N-methyl/N-ethyl adjacent to an activating group) is 1. The summed E-state index contributed by atoms with van der Waals surface area (Å²) in [5, 5.41) is 0.939. The molecule has 0 amide bonds. The molecule has 5 heteroatoms. The smallest absolute Gasteiger partial charge is 0.308 e. The maximum atomic E-state index is 12.5. The van der Waals surface area contributed by atoms with Gasteiger partial charge in [0.25, 0.3) is 0 Å². The minimum Gasteiger partial charge on any atom is -0.308 e. The van der Waals surface area contributed by atoms with E-state index in [2.05, 4.69) is 41.1 Å². The van der Waals surface area contributed by atoms with Gasteiger partial charge in [-0.25, -0.2) is 4.79 Å². The summed E-state index contributed by atoms with van der Waals surface area (Å²) in [5.74, 6) is 0.862. The second-order valence-corrected chi connectivity index (χ2v) is 7.67. The van der Waals surface area contributed by atoms with Crippen molar-refractivity contribution in [3.05, 3.63) is 57.1 Å². The number of aryl methyl sites for hydroxylation is 1. The largest absolute Gasteiger partial charge is 0.348 e. The highest BCUT2D eigenvalue weighted by Crippen LogP contribution is 2.31. The van der Waals surface area contributed by atoms with Crippen LogP contribution in [0.1, 0.15) is 28.8 Å². The predicted molar refractivity (Wildman–Crippen MR) is 99.8 cm³/mol. The van der Waals surface area contributed by atoms with Crippen molar-refractivity contribution >= 4 is 11.8 Å². The Morgan fingerprint density at radius 3 is 2.67 bits per heavy atom. The van der Waals surface area contributed by atoms with Gasteiger partial charge in [-0.05, 0) is 45.8 Å². The number of rotatable bonds is 6. The van der Waals surface area contributed by atoms with Crippen molar-refractivity contribution < 1.29 is 0 Å². The van der Waals surface area contributed by atoms with Gasteiger partial charge in [0.05, 0.1) is 0 Å². The summed E-state index contributed by atoms with van der Waals surface area (Å²) in [4.78, 5) is 19.0. The molecule has 0 unspecified atom stereocenters. The molecule has 1 aliphatic rings. The first-order valence-corrected chi connectivity index (χ1v) is 9.49. The van der Waals surface area contributed by atoms with Gasteiger partial charge in [0.2, 0.25) is 0 Å². The minimum absolute atomic E-state index is 0.0936. The summed E-state index contributed by atoms with van der Waals surface area (Å²) >= 11 is 1.70. The molecule has 3 rings (SSSR count). The van der Waals surface area contributed by atoms with Gasteiger partial charge < -0.3 is 4.90 Å². The van der Waals surface area contributed by atoms with E-state index >= 15 is 0 Å². The number of hydrogen-bond donors (Lipinski definition) is 0. The molecule has 0 atom stereocenters. The molecule has 4 nitrogen and oxygen atoms in total. The highest BCUT2D eigenvalue weighted by Gasteiger charge is 2.21. The molecule has 2 aromatic rings. The zero-order valence-corrected chi connectivity index (χ0v) is 15.5. The van der Waals surface area contributed by atoms with Gasteiger partial charge in [0, 0.05) is 30.1 Å². The topological polar surface area (TPSA) is 38.1 Å². The summed E-state index contributed by atoms with van der Waals surface area (Å²) < 4.78 is 1.89. The number of aromatic nitrogens is 2. The van der Waals surface area contributed by atoms with Gasteiger partial charge in [-0.3, -0.25) is 4.57 Å². The van der Waals surface area contributed by atoms with E-state index < -0.39 is 0 Å². The third kappa shape index (κ3) is 3.90. The van der Waals surface area contributed by atoms with Gasteiger partial charge in [0.1, 0.15) is 5.03 Å². The molecule has 1 heterocycles. The number of fused-ring (bicyclic) bond motifs is 1. The van der Waals surface area contributed by atoms with Crippen molar-refractivity contribution in [1.82, 2.24) is 14.5 Å². The van der Waals surface area contributed by atoms with Crippen molar-refractivity contribution in [1.29, 1.82) is 0 Å². The Balaban J connectivity index is 1.81. The first-order valence-electron chi connectivity index (χ1n) is 8.50. The van der Waals surface area contributed by atoms with Gasteiger partial charge >= 0.3 is 5.69 Å². The molecule has 128 valence electrons. The summed E-state index contributed by atoms with van der Waals surface area (Å²) in [7, 11) is 4.06. The summed E-state index contributed by atoms with van der Waals surface area (Å²) in [6, 6.07) is 8.57. The Morgan fingerprint density at radius 1 is 1.21 bits per heavy atom. The van der Waals surface area contributed by atoms with Crippen LogP contribution in [0.15, 0.2) is 34.1 Å². The molecular formula is C19H25N3OS. The molecule has 1 aromatic heterocycles. The highest BCUT2D eigenvalue weighted by molar-refractivity contribution is 7.98. The molecule has 0 fully saturated rings. The van der Waals surface area contributed by atoms with E-state index in [1.165, 1.54) is 22.4 Å². The quantitative estimate of drug-likeness (QED) is 0.597. The van der Waals surface area contributed by atoms with E-state index in [-0.39, 0.29) is 5.69 Å². The number of thioether (sulfide) groups is 1. The van der Waals surface area contributed by atoms with Gasteiger partial charge in [-0.1, -0.05) is 29.8 Å². The standard InChI is InChI=1S/C19H25N3OS/c1-14-7-9-15(10-8-14)13-24-18-16-5-4-6-17(16)22(19(23)20-18)12-11-21(2)3/h7-10H,4-6,11-13H2,1-3H3. The first-order chi connectivity index (χ1) is 11.5. The Bertz CT molecular complexity index is 765. The lowest BCUT2D eigenvalue weighted by atomic mass is 10.2. The van der Waals surface area contributed by atoms with Gasteiger partial charge in [-0.2, -0.15) is 4.98 Å². The molecule has 0 saturated heterocycles. The van der Waals surface area contributed by atoms with Crippen molar-refractivity contribution in [3.8, 4) is 0 Å². The molecular weight excluding hydrogens is 318 g/mol. The van der Waals surface area contributed by atoms with Crippen LogP contribution in [0.2, 0.25) is 0 Å². The van der Waals surface area contributed by atoms with Crippen LogP contribution in [0, 0.1) is 6.92 Å². The Morgan fingerprint density at radius 2 is 1.96 bits per heavy atom. The molecule has 0 aliphatic heterocycles. The fraction of sp³-hybridized carbons (Fsp3) is 0.474. The van der Waals surface area contributed by atoms with Gasteiger partial charge in [0.15, 0.2) is 0 Å². The molecule has 1 aromatic carbocycles. The van der Waals surface area contributed by atoms with E-state index in [0.29, 0.717) is 0 Å². The molecule has 0 N–H and O–H groups in total. The third-order valence-corrected chi connectivity index (χ3v) is 5.56. The predicted octanol–water partition coefficient (Wildman–Crippen LogP) is 2.89. The lowest BCUT2D eigenvalue weighted by Crippen LogP contribution is -2.31. The molecule has 1 aliphatic carbocycles. The van der Waals surface area contributed by atoms with Crippen molar-refractivity contribution in [3.63, 3.8) is 0 Å². The maximum Gasteiger partial charge on any atom is 0.348 e. The molecule has 0 bridgehead atoms. The second-order valence-electron chi connectivity index (χ2n) is 6.71. The van der Waals surface area contributed by atoms with E-state index in [1.807, 2.05) is 18.7 Å². The van der Waals surface area contributed by atoms with Crippen LogP contribution in [-0.2, 0) is 25.1 Å². The van der Waals surface area contributed by atoms with Crippen molar-refractivity contribution in [2.24, 2.45) is 0 Å². The van der Waals surface area contributed by atoms with Crippen LogP contribution >= 0.6 is 11.8 Å². The fourth-order valence-electron chi connectivity index (χ4n) is 3.07. The first kappa shape index (κ1) is 17.2. The Labute approximate surface area is 147 Å². The van der Waals surface area contributed by atoms with Gasteiger partial charge in [-0.15, -0.1) is 11.8 Å². The highest BCUT2D eigenvalue weighted by atomic mass is 32.2. The van der Waals surface area contributed by atoms with Crippen LogP contribution in [-0.4, -0.2) is 35.1 Å². The lowest BCUT2D eigenvalue weighted by Gasteiger charge is -2.16. The average Bonchev–Trinajstić information content (AvgIpc) is 3.03. The zero-order valence-electron chi connectivity index (χ0n) is 14.7. The summed E-state index contributed by atoms with van der Waals surface area (Å²) in [6.07, 6.45) is 3.17. The fourth-order valence-corrected chi connectivity index (χ4v) is 4.10. The van der Waals surface area contributed by atoms with E-state index in [9.17, 15) is 4.79 Å². The maximum absolute atomic E-state index is 12.5. The summed E-state index contributed by atoms with van der Waals surface area (Å²) in [6.45, 7) is 3.69. The monoisotopic (exact) mass is 343 g/mol. The summed E-state index contributed by atoms with van der Waals surface area (Å²) in [5.41, 5.74) is 4.96. The van der Waals surface area contributed by atoms with E-state index in [0.717, 1.165) is 43.1 Å². The van der Waals surface area contributed by atoms with Crippen LogP contribution in [0.5, 0.6) is 0 Å². The second kappa shape index (κ2) is 7.53. The Kier molecular flexibility index (Phi) is 5.41.